The molecule has 13 nitrogen and oxygen atoms in total. The maximum Gasteiger partial charge on any atom is 0.408 e. The Morgan fingerprint density at radius 1 is 1.00 bits per heavy atom. The molecule has 2 bridgehead atoms. The molecule has 4 aliphatic rings. The van der Waals surface area contributed by atoms with E-state index >= 15 is 4.79 Å². The smallest absolute Gasteiger partial charge is 0.408 e. The van der Waals surface area contributed by atoms with Crippen molar-refractivity contribution in [1.29, 1.82) is 0 Å². The largest absolute Gasteiger partial charge is 0.456 e. The average molecular weight is 819 g/mol. The van der Waals surface area contributed by atoms with Gasteiger partial charge in [0.25, 0.3) is 7.48 Å². The van der Waals surface area contributed by atoms with Crippen LogP contribution in [0.5, 0.6) is 0 Å². The number of esters is 2. The highest BCUT2D eigenvalue weighted by atomic mass is 16.6. The molecule has 3 fully saturated rings. The Morgan fingerprint density at radius 3 is 2.17 bits per heavy atom. The molecule has 1 unspecified atom stereocenters. The highest BCUT2D eigenvalue weighted by molar-refractivity contribution is 6.27. The van der Waals surface area contributed by atoms with E-state index < -0.39 is 99.8 Å². The summed E-state index contributed by atoms with van der Waals surface area (Å²) in [4.78, 5) is 56.5. The van der Waals surface area contributed by atoms with Crippen LogP contribution >= 0.6 is 0 Å². The molecule has 1 amide bonds. The fraction of sp³-hybridized carbons (Fsp3) is 0.600. The Morgan fingerprint density at radius 2 is 1.61 bits per heavy atom. The number of amides is 1. The van der Waals surface area contributed by atoms with Crippen LogP contribution in [-0.2, 0) is 33.2 Å². The number of hydrogen-bond donors (Lipinski definition) is 4. The number of hydrogen-bond acceptors (Lipinski definition) is 12. The molecule has 1 aliphatic heterocycles. The molecule has 3 aliphatic carbocycles. The number of ketones is 1. The number of rotatable bonds is 10. The minimum Gasteiger partial charge on any atom is -0.456 e. The number of aliphatic hydroxyl groups is 3. The van der Waals surface area contributed by atoms with Gasteiger partial charge in [-0.3, -0.25) is 4.79 Å². The average Bonchev–Trinajstić information content (AvgIpc) is 3.16. The number of ether oxygens (including phenoxy) is 4. The lowest BCUT2D eigenvalue weighted by Gasteiger charge is -2.68. The Labute approximate surface area is 348 Å². The molecule has 2 aromatic rings. The monoisotopic (exact) mass is 818 g/mol. The van der Waals surface area contributed by atoms with Crippen LogP contribution in [0.15, 0.2) is 71.8 Å². The van der Waals surface area contributed by atoms with E-state index in [0.29, 0.717) is 18.3 Å². The summed E-state index contributed by atoms with van der Waals surface area (Å²) < 4.78 is 30.4. The molecule has 1 heterocycles. The van der Waals surface area contributed by atoms with Crippen LogP contribution in [0.1, 0.15) is 105 Å². The maximum absolute atomic E-state index is 15.2. The molecule has 0 aromatic heterocycles. The normalized spacial score (nSPS) is 33.2. The SMILES string of the molecule is C.CC[B]OC1C[C@H]2OC[C@@]2(C)[C@H]2[C@H](OC(=O)c3ccccc3)[C@]3(O)C[C@H](OC(=O)[C@H](O)[C@@H](NC(=O)OC(C)(C)C)c4ccccc4)C(C)=C([C@@H](O)C(=O)[C@]12C)C3(C)C. The number of carbonyl (C=O) groups excluding carboxylic acids is 4. The van der Waals surface area contributed by atoms with Crippen molar-refractivity contribution in [1.82, 2.24) is 5.32 Å². The van der Waals surface area contributed by atoms with Gasteiger partial charge in [0, 0.05) is 23.2 Å². The number of benzene rings is 2. The van der Waals surface area contributed by atoms with Crippen molar-refractivity contribution in [3.8, 4) is 0 Å². The van der Waals surface area contributed by atoms with E-state index in [1.165, 1.54) is 0 Å². The van der Waals surface area contributed by atoms with Crippen LogP contribution in [0.3, 0.4) is 0 Å². The third-order valence-electron chi connectivity index (χ3n) is 13.1. The summed E-state index contributed by atoms with van der Waals surface area (Å²) >= 11 is 0. The van der Waals surface area contributed by atoms with Crippen molar-refractivity contribution >= 4 is 31.3 Å². The van der Waals surface area contributed by atoms with Crippen molar-refractivity contribution in [3.63, 3.8) is 0 Å². The molecule has 59 heavy (non-hydrogen) atoms. The van der Waals surface area contributed by atoms with Crippen molar-refractivity contribution in [2.75, 3.05) is 6.61 Å². The molecule has 4 N–H and O–H groups in total. The second-order valence-electron chi connectivity index (χ2n) is 18.2. The van der Waals surface area contributed by atoms with E-state index in [9.17, 15) is 29.7 Å². The summed E-state index contributed by atoms with van der Waals surface area (Å²) in [5.41, 5.74) is -5.82. The third-order valence-corrected chi connectivity index (χ3v) is 13.1. The summed E-state index contributed by atoms with van der Waals surface area (Å²) in [6.45, 7) is 15.7. The van der Waals surface area contributed by atoms with Crippen LogP contribution in [0.4, 0.5) is 4.79 Å². The van der Waals surface area contributed by atoms with Crippen molar-refractivity contribution in [2.45, 2.75) is 143 Å². The second-order valence-corrected chi connectivity index (χ2v) is 18.2. The predicted octanol–water partition coefficient (Wildman–Crippen LogP) is 5.68. The second kappa shape index (κ2) is 16.8. The van der Waals surface area contributed by atoms with Crippen molar-refractivity contribution in [2.24, 2.45) is 22.2 Å². The molecular weight excluding hydrogens is 757 g/mol. The van der Waals surface area contributed by atoms with E-state index in [0.717, 1.165) is 0 Å². The molecule has 2 aromatic carbocycles. The van der Waals surface area contributed by atoms with Gasteiger partial charge in [0.2, 0.25) is 0 Å². The van der Waals surface area contributed by atoms with Crippen molar-refractivity contribution in [3.05, 3.63) is 82.9 Å². The number of fused-ring (bicyclic) bond motifs is 5. The number of Topliss-reactive ketones (excluding diaryl/α,β-unsaturated/α-hetero) is 1. The van der Waals surface area contributed by atoms with Crippen molar-refractivity contribution < 1.29 is 58.1 Å². The Kier molecular flexibility index (Phi) is 13.1. The van der Waals surface area contributed by atoms with Gasteiger partial charge in [-0.1, -0.05) is 90.0 Å². The summed E-state index contributed by atoms with van der Waals surface area (Å²) in [6.07, 6.45) is -8.19. The molecule has 11 atom stereocenters. The highest BCUT2D eigenvalue weighted by Gasteiger charge is 2.75. The Hall–Kier alpha value is -4.08. The summed E-state index contributed by atoms with van der Waals surface area (Å²) in [5.74, 6) is -3.47. The van der Waals surface area contributed by atoms with Gasteiger partial charge in [-0.25, -0.2) is 14.4 Å². The fourth-order valence-electron chi connectivity index (χ4n) is 9.96. The first kappa shape index (κ1) is 46.0. The highest BCUT2D eigenvalue weighted by Crippen LogP contribution is 2.66. The topological polar surface area (TPSA) is 187 Å². The lowest BCUT2D eigenvalue weighted by Crippen LogP contribution is -2.78. The third kappa shape index (κ3) is 7.99. The first-order chi connectivity index (χ1) is 27.1. The predicted molar refractivity (Wildman–Crippen MR) is 219 cm³/mol. The molecule has 1 saturated heterocycles. The molecule has 14 heteroatoms. The van der Waals surface area contributed by atoms with E-state index in [2.05, 4.69) is 5.32 Å². The lowest BCUT2D eigenvalue weighted by atomic mass is 9.42. The standard InChI is InChI=1S/C44H57BNO12.CH4/c1-10-45-58-29-21-28-42(8,23-54-28)34-36(56-37(50)26-19-15-12-16-20-26)44(53)22-27(24(2)30(41(44,6)7)32(47)35(49)43(29,34)9)55-38(51)33(48)31(25-17-13-11-14-18-25)46-39(52)57-40(3,4)5;/h11-20,27-29,31-34,36,47-48,53H,10,21-23H2,1-9H3,(H,46,52);1H4/t27-,28+,29?,31-,32+,33+,34+,36-,42+,43+,44+;/m0./s1. The van der Waals surface area contributed by atoms with E-state index in [4.69, 9.17) is 23.6 Å². The minimum absolute atomic E-state index is 0. The first-order valence-electron chi connectivity index (χ1n) is 20.1. The summed E-state index contributed by atoms with van der Waals surface area (Å²) in [6, 6.07) is 15.3. The maximum atomic E-state index is 15.2. The van der Waals surface area contributed by atoms with Crippen LogP contribution in [-0.4, -0.2) is 101 Å². The van der Waals surface area contributed by atoms with Gasteiger partial charge in [0.15, 0.2) is 11.9 Å². The zero-order valence-electron chi connectivity index (χ0n) is 34.8. The quantitative estimate of drug-likeness (QED) is 0.0996. The number of alkyl carbamates (subject to hydrolysis) is 1. The van der Waals surface area contributed by atoms with Gasteiger partial charge in [-0.05, 0) is 69.9 Å². The zero-order valence-corrected chi connectivity index (χ0v) is 34.8. The van der Waals surface area contributed by atoms with Gasteiger partial charge in [0.05, 0.1) is 35.8 Å². The summed E-state index contributed by atoms with van der Waals surface area (Å²) in [7, 11) is 1.60. The number of carbonyl (C=O) groups is 4. The molecule has 321 valence electrons. The van der Waals surface area contributed by atoms with E-state index in [1.807, 2.05) is 13.8 Å². The van der Waals surface area contributed by atoms with Gasteiger partial charge in [-0.15, -0.1) is 0 Å². The lowest BCUT2D eigenvalue weighted by molar-refractivity contribution is -0.311. The minimum atomic E-state index is -2.11. The van der Waals surface area contributed by atoms with Gasteiger partial charge in [-0.2, -0.15) is 0 Å². The first-order valence-corrected chi connectivity index (χ1v) is 20.1. The Balaban J connectivity index is 0.00000661. The van der Waals surface area contributed by atoms with Gasteiger partial charge < -0.3 is 44.2 Å². The summed E-state index contributed by atoms with van der Waals surface area (Å²) in [5, 5.41) is 40.1. The number of aliphatic hydroxyl groups excluding tert-OH is 2. The molecular formula is C45H61BNO12. The van der Waals surface area contributed by atoms with Gasteiger partial charge in [0.1, 0.15) is 29.5 Å². The number of nitrogens with one attached hydrogen (secondary N) is 1. The Bertz CT molecular complexity index is 1920. The zero-order chi connectivity index (χ0) is 42.6. The van der Waals surface area contributed by atoms with Crippen LogP contribution in [0.25, 0.3) is 0 Å². The molecule has 2 saturated carbocycles. The van der Waals surface area contributed by atoms with E-state index in [-0.39, 0.29) is 37.2 Å². The van der Waals surface area contributed by atoms with Crippen LogP contribution < -0.4 is 5.32 Å². The van der Waals surface area contributed by atoms with Crippen LogP contribution in [0.2, 0.25) is 6.32 Å². The van der Waals surface area contributed by atoms with E-state index in [1.54, 1.807) is 117 Å². The van der Waals surface area contributed by atoms with Crippen LogP contribution in [0, 0.1) is 22.2 Å². The molecule has 1 radical (unpaired) electrons. The molecule has 6 rings (SSSR count). The molecule has 0 spiro atoms. The van der Waals surface area contributed by atoms with Gasteiger partial charge >= 0.3 is 18.0 Å². The fourth-order valence-corrected chi connectivity index (χ4v) is 9.96.